The summed E-state index contributed by atoms with van der Waals surface area (Å²) in [7, 11) is 1.82. The summed E-state index contributed by atoms with van der Waals surface area (Å²) < 4.78 is 6.32. The van der Waals surface area contributed by atoms with Gasteiger partial charge in [0.05, 0.1) is 12.3 Å². The van der Waals surface area contributed by atoms with Crippen molar-refractivity contribution < 1.29 is 14.6 Å². The number of aromatic nitrogens is 2. The first-order chi connectivity index (χ1) is 7.13. The highest BCUT2D eigenvalue weighted by atomic mass is 16.6. The number of hydrogen-bond donors (Lipinski definition) is 2. The van der Waals surface area contributed by atoms with E-state index in [0.29, 0.717) is 6.54 Å². The molecule has 84 valence electrons. The molecule has 0 aliphatic rings. The normalized spacial score (nSPS) is 10.1. The molecule has 0 unspecified atom stereocenters. The van der Waals surface area contributed by atoms with Crippen LogP contribution in [-0.4, -0.2) is 34.2 Å². The smallest absolute Gasteiger partial charge is 0.407 e. The van der Waals surface area contributed by atoms with Gasteiger partial charge in [-0.2, -0.15) is 5.10 Å². The van der Waals surface area contributed by atoms with Crippen molar-refractivity contribution in [3.63, 3.8) is 0 Å². The summed E-state index contributed by atoms with van der Waals surface area (Å²) in [6.07, 6.45) is 1.30. The van der Waals surface area contributed by atoms with E-state index in [2.05, 4.69) is 15.2 Å². The van der Waals surface area contributed by atoms with E-state index < -0.39 is 6.09 Å². The fraction of sp³-hybridized carbons (Fsp3) is 0.556. The second-order valence-electron chi connectivity index (χ2n) is 3.13. The van der Waals surface area contributed by atoms with Crippen LogP contribution in [0, 0.1) is 6.92 Å². The molecule has 0 aliphatic carbocycles. The highest BCUT2D eigenvalue weighted by Crippen LogP contribution is 2.03. The van der Waals surface area contributed by atoms with Gasteiger partial charge in [0.2, 0.25) is 0 Å². The Labute approximate surface area is 87.8 Å². The predicted molar refractivity (Wildman–Crippen MR) is 53.2 cm³/mol. The molecule has 6 heteroatoms. The monoisotopic (exact) mass is 213 g/mol. The molecule has 0 saturated heterocycles. The summed E-state index contributed by atoms with van der Waals surface area (Å²) >= 11 is 0. The molecule has 0 aromatic carbocycles. The van der Waals surface area contributed by atoms with E-state index >= 15 is 0 Å². The van der Waals surface area contributed by atoms with Crippen LogP contribution < -0.4 is 5.32 Å². The van der Waals surface area contributed by atoms with Gasteiger partial charge >= 0.3 is 6.09 Å². The SMILES string of the molecule is Cc1nn(C)cc1CNC(=O)OCCO. The van der Waals surface area contributed by atoms with Crippen molar-refractivity contribution in [3.05, 3.63) is 17.5 Å². The van der Waals surface area contributed by atoms with Crippen molar-refractivity contribution in [2.24, 2.45) is 7.05 Å². The molecule has 0 saturated carbocycles. The van der Waals surface area contributed by atoms with Crippen LogP contribution in [0.2, 0.25) is 0 Å². The minimum absolute atomic E-state index is 0.0118. The number of nitrogens with one attached hydrogen (secondary N) is 1. The maximum atomic E-state index is 11.0. The summed E-state index contributed by atoms with van der Waals surface area (Å²) in [6, 6.07) is 0. The molecule has 15 heavy (non-hydrogen) atoms. The molecular weight excluding hydrogens is 198 g/mol. The Balaban J connectivity index is 2.36. The maximum absolute atomic E-state index is 11.0. The molecular formula is C9H15N3O3. The van der Waals surface area contributed by atoms with Crippen molar-refractivity contribution in [2.45, 2.75) is 13.5 Å². The molecule has 0 aliphatic heterocycles. The molecule has 0 spiro atoms. The van der Waals surface area contributed by atoms with Gasteiger partial charge in [0.1, 0.15) is 6.61 Å². The van der Waals surface area contributed by atoms with Gasteiger partial charge in [-0.3, -0.25) is 4.68 Å². The lowest BCUT2D eigenvalue weighted by Gasteiger charge is -2.04. The van der Waals surface area contributed by atoms with Gasteiger partial charge in [-0.15, -0.1) is 0 Å². The van der Waals surface area contributed by atoms with E-state index in [1.54, 1.807) is 4.68 Å². The first-order valence-corrected chi connectivity index (χ1v) is 4.64. The number of carbonyl (C=O) groups excluding carboxylic acids is 1. The van der Waals surface area contributed by atoms with Crippen LogP contribution >= 0.6 is 0 Å². The van der Waals surface area contributed by atoms with Gasteiger partial charge in [-0.25, -0.2) is 4.79 Å². The van der Waals surface area contributed by atoms with Crippen molar-refractivity contribution in [1.29, 1.82) is 0 Å². The van der Waals surface area contributed by atoms with Gasteiger partial charge in [0.15, 0.2) is 0 Å². The maximum Gasteiger partial charge on any atom is 0.407 e. The van der Waals surface area contributed by atoms with Gasteiger partial charge < -0.3 is 15.2 Å². The molecule has 0 fully saturated rings. The molecule has 1 heterocycles. The zero-order valence-corrected chi connectivity index (χ0v) is 8.86. The van der Waals surface area contributed by atoms with E-state index in [-0.39, 0.29) is 13.2 Å². The minimum Gasteiger partial charge on any atom is -0.447 e. The summed E-state index contributed by atoms with van der Waals surface area (Å²) in [6.45, 7) is 2.09. The number of aliphatic hydroxyl groups excluding tert-OH is 1. The largest absolute Gasteiger partial charge is 0.447 e. The standard InChI is InChI=1S/C9H15N3O3/c1-7-8(6-12(2)11-7)5-10-9(14)15-4-3-13/h6,13H,3-5H2,1-2H3,(H,10,14). The van der Waals surface area contributed by atoms with Gasteiger partial charge in [-0.1, -0.05) is 0 Å². The van der Waals surface area contributed by atoms with Crippen LogP contribution in [0.15, 0.2) is 6.20 Å². The van der Waals surface area contributed by atoms with E-state index in [1.165, 1.54) is 0 Å². The number of rotatable bonds is 4. The van der Waals surface area contributed by atoms with Gasteiger partial charge in [0.25, 0.3) is 0 Å². The molecule has 1 aromatic rings. The third kappa shape index (κ3) is 3.59. The third-order valence-corrected chi connectivity index (χ3v) is 1.86. The quantitative estimate of drug-likeness (QED) is 0.735. The van der Waals surface area contributed by atoms with Gasteiger partial charge in [-0.05, 0) is 6.92 Å². The van der Waals surface area contributed by atoms with Crippen molar-refractivity contribution >= 4 is 6.09 Å². The number of aliphatic hydroxyl groups is 1. The fourth-order valence-electron chi connectivity index (χ4n) is 1.18. The number of ether oxygens (including phenoxy) is 1. The van der Waals surface area contributed by atoms with Crippen molar-refractivity contribution in [2.75, 3.05) is 13.2 Å². The van der Waals surface area contributed by atoms with E-state index in [0.717, 1.165) is 11.3 Å². The van der Waals surface area contributed by atoms with Crippen LogP contribution in [0.4, 0.5) is 4.79 Å². The summed E-state index contributed by atoms with van der Waals surface area (Å²) in [4.78, 5) is 11.0. The van der Waals surface area contributed by atoms with Crippen LogP contribution in [0.3, 0.4) is 0 Å². The van der Waals surface area contributed by atoms with Crippen molar-refractivity contribution in [1.82, 2.24) is 15.1 Å². The first-order valence-electron chi connectivity index (χ1n) is 4.64. The molecule has 1 aromatic heterocycles. The Hall–Kier alpha value is -1.56. The Kier molecular flexibility index (Phi) is 4.11. The lowest BCUT2D eigenvalue weighted by atomic mass is 10.3. The van der Waals surface area contributed by atoms with Crippen LogP contribution in [0.1, 0.15) is 11.3 Å². The van der Waals surface area contributed by atoms with E-state index in [1.807, 2.05) is 20.2 Å². The summed E-state index contributed by atoms with van der Waals surface area (Å²) in [5.41, 5.74) is 1.82. The minimum atomic E-state index is -0.535. The lowest BCUT2D eigenvalue weighted by molar-refractivity contribution is 0.119. The first kappa shape index (κ1) is 11.5. The predicted octanol–water partition coefficient (Wildman–Crippen LogP) is -0.0530. The molecule has 1 amide bonds. The Morgan fingerprint density at radius 2 is 2.47 bits per heavy atom. The highest BCUT2D eigenvalue weighted by molar-refractivity contribution is 5.67. The van der Waals surface area contributed by atoms with Crippen LogP contribution in [0.5, 0.6) is 0 Å². The summed E-state index contributed by atoms with van der Waals surface area (Å²) in [5, 5.41) is 15.1. The number of nitrogens with zero attached hydrogens (tertiary/aromatic N) is 2. The number of hydrogen-bond acceptors (Lipinski definition) is 4. The molecule has 0 radical (unpaired) electrons. The van der Waals surface area contributed by atoms with Gasteiger partial charge in [0, 0.05) is 25.4 Å². The second-order valence-corrected chi connectivity index (χ2v) is 3.13. The van der Waals surface area contributed by atoms with Crippen molar-refractivity contribution in [3.8, 4) is 0 Å². The molecule has 0 bridgehead atoms. The molecule has 1 rings (SSSR count). The average Bonchev–Trinajstić information content (AvgIpc) is 2.51. The van der Waals surface area contributed by atoms with E-state index in [4.69, 9.17) is 5.11 Å². The molecule has 6 nitrogen and oxygen atoms in total. The average molecular weight is 213 g/mol. The Morgan fingerprint density at radius 1 is 1.73 bits per heavy atom. The third-order valence-electron chi connectivity index (χ3n) is 1.86. The Bertz CT molecular complexity index is 335. The molecule has 0 atom stereocenters. The lowest BCUT2D eigenvalue weighted by Crippen LogP contribution is -2.24. The zero-order valence-electron chi connectivity index (χ0n) is 8.86. The van der Waals surface area contributed by atoms with Crippen LogP contribution in [0.25, 0.3) is 0 Å². The summed E-state index contributed by atoms with van der Waals surface area (Å²) in [5.74, 6) is 0. The number of alkyl carbamates (subject to hydrolysis) is 1. The Morgan fingerprint density at radius 3 is 3.00 bits per heavy atom. The van der Waals surface area contributed by atoms with E-state index in [9.17, 15) is 4.79 Å². The topological polar surface area (TPSA) is 76.4 Å². The molecule has 2 N–H and O–H groups in total. The zero-order chi connectivity index (χ0) is 11.3. The second kappa shape index (κ2) is 5.35. The number of amides is 1. The number of carbonyl (C=O) groups is 1. The number of aryl methyl sites for hydroxylation is 2. The fourth-order valence-corrected chi connectivity index (χ4v) is 1.18. The van der Waals surface area contributed by atoms with Crippen LogP contribution in [-0.2, 0) is 18.3 Å². The highest BCUT2D eigenvalue weighted by Gasteiger charge is 2.05.